The first-order valence-corrected chi connectivity index (χ1v) is 9.72. The van der Waals surface area contributed by atoms with Gasteiger partial charge in [-0.2, -0.15) is 0 Å². The van der Waals surface area contributed by atoms with E-state index < -0.39 is 0 Å². The molecule has 0 aliphatic heterocycles. The first-order valence-electron chi connectivity index (χ1n) is 8.14. The van der Waals surface area contributed by atoms with Crippen molar-refractivity contribution in [2.75, 3.05) is 32.1 Å². The number of likely N-dealkylation sites (N-methyl/N-ethyl adjacent to an activating group) is 1. The molecule has 136 valence electrons. The van der Waals surface area contributed by atoms with Gasteiger partial charge >= 0.3 is 0 Å². The molecule has 0 aliphatic carbocycles. The number of amides is 1. The number of aromatic nitrogens is 1. The lowest BCUT2D eigenvalue weighted by molar-refractivity contribution is 0.0985. The minimum absolute atomic E-state index is 0.176. The van der Waals surface area contributed by atoms with E-state index in [0.29, 0.717) is 33.8 Å². The molecule has 0 radical (unpaired) electrons. The van der Waals surface area contributed by atoms with Crippen molar-refractivity contribution in [3.05, 3.63) is 57.6 Å². The highest BCUT2D eigenvalue weighted by molar-refractivity contribution is 7.22. The molecule has 0 fully saturated rings. The zero-order valence-electron chi connectivity index (χ0n) is 14.8. The standard InChI is InChI=1S/C19H19Cl2N3OS/c1-12-5-4-6-16-17(12)22-19(26-16)24(10-9-23(2)3)18(25)14-8-7-13(20)11-15(14)21/h4-8,11H,9-10H2,1-3H3. The van der Waals surface area contributed by atoms with Crippen molar-refractivity contribution < 1.29 is 4.79 Å². The van der Waals surface area contributed by atoms with E-state index >= 15 is 0 Å². The Labute approximate surface area is 167 Å². The molecule has 0 bridgehead atoms. The van der Waals surface area contributed by atoms with Crippen molar-refractivity contribution in [1.82, 2.24) is 9.88 Å². The Morgan fingerprint density at radius 3 is 2.58 bits per heavy atom. The van der Waals surface area contributed by atoms with Crippen LogP contribution in [0.3, 0.4) is 0 Å². The Kier molecular flexibility index (Phi) is 5.82. The smallest absolute Gasteiger partial charge is 0.261 e. The molecule has 0 aliphatic rings. The number of aryl methyl sites for hydroxylation is 1. The van der Waals surface area contributed by atoms with Crippen LogP contribution in [0.1, 0.15) is 15.9 Å². The van der Waals surface area contributed by atoms with Crippen LogP contribution in [0.5, 0.6) is 0 Å². The molecule has 0 unspecified atom stereocenters. The van der Waals surface area contributed by atoms with Gasteiger partial charge in [-0.05, 0) is 50.8 Å². The number of benzene rings is 2. The van der Waals surface area contributed by atoms with Crippen LogP contribution in [0, 0.1) is 6.92 Å². The summed E-state index contributed by atoms with van der Waals surface area (Å²) >= 11 is 13.7. The maximum atomic E-state index is 13.2. The molecule has 3 aromatic rings. The number of nitrogens with zero attached hydrogens (tertiary/aromatic N) is 3. The van der Waals surface area contributed by atoms with Gasteiger partial charge in [-0.1, -0.05) is 46.7 Å². The number of rotatable bonds is 5. The Morgan fingerprint density at radius 2 is 1.92 bits per heavy atom. The van der Waals surface area contributed by atoms with Gasteiger partial charge in [0.1, 0.15) is 0 Å². The number of hydrogen-bond donors (Lipinski definition) is 0. The van der Waals surface area contributed by atoms with Crippen LogP contribution in [-0.2, 0) is 0 Å². The van der Waals surface area contributed by atoms with Gasteiger partial charge in [-0.25, -0.2) is 4.98 Å². The average Bonchev–Trinajstić information content (AvgIpc) is 3.00. The van der Waals surface area contributed by atoms with Gasteiger partial charge in [-0.3, -0.25) is 9.69 Å². The molecular weight excluding hydrogens is 389 g/mol. The second-order valence-electron chi connectivity index (χ2n) is 6.30. The summed E-state index contributed by atoms with van der Waals surface area (Å²) < 4.78 is 1.06. The summed E-state index contributed by atoms with van der Waals surface area (Å²) in [4.78, 5) is 21.6. The molecule has 0 saturated carbocycles. The third-order valence-corrected chi connectivity index (χ3v) is 5.61. The summed E-state index contributed by atoms with van der Waals surface area (Å²) in [7, 11) is 3.95. The zero-order chi connectivity index (χ0) is 18.8. The first-order chi connectivity index (χ1) is 12.4. The molecule has 0 saturated heterocycles. The lowest BCUT2D eigenvalue weighted by Crippen LogP contribution is -2.36. The van der Waals surface area contributed by atoms with Crippen molar-refractivity contribution in [2.24, 2.45) is 0 Å². The minimum atomic E-state index is -0.176. The van der Waals surface area contributed by atoms with E-state index in [1.54, 1.807) is 23.1 Å². The molecule has 1 aromatic heterocycles. The summed E-state index contributed by atoms with van der Waals surface area (Å²) in [5.41, 5.74) is 2.44. The van der Waals surface area contributed by atoms with Crippen LogP contribution in [-0.4, -0.2) is 43.0 Å². The maximum absolute atomic E-state index is 13.2. The summed E-state index contributed by atoms with van der Waals surface area (Å²) in [6.45, 7) is 3.25. The van der Waals surface area contributed by atoms with Gasteiger partial charge < -0.3 is 4.90 Å². The number of fused-ring (bicyclic) bond motifs is 1. The van der Waals surface area contributed by atoms with Crippen molar-refractivity contribution >= 4 is 55.8 Å². The predicted octanol–water partition coefficient (Wildman–Crippen LogP) is 5.12. The zero-order valence-corrected chi connectivity index (χ0v) is 17.1. The topological polar surface area (TPSA) is 36.4 Å². The van der Waals surface area contributed by atoms with Crippen LogP contribution < -0.4 is 4.90 Å². The predicted molar refractivity (Wildman–Crippen MR) is 111 cm³/mol. The van der Waals surface area contributed by atoms with E-state index in [4.69, 9.17) is 28.2 Å². The molecule has 26 heavy (non-hydrogen) atoms. The number of anilines is 1. The number of thiazole rings is 1. The van der Waals surface area contributed by atoms with Crippen LogP contribution >= 0.6 is 34.5 Å². The number of carbonyl (C=O) groups is 1. The third-order valence-electron chi connectivity index (χ3n) is 4.02. The number of hydrogen-bond acceptors (Lipinski definition) is 4. The Morgan fingerprint density at radius 1 is 1.15 bits per heavy atom. The van der Waals surface area contributed by atoms with E-state index in [1.807, 2.05) is 44.1 Å². The summed E-state index contributed by atoms with van der Waals surface area (Å²) in [5.74, 6) is -0.176. The van der Waals surface area contributed by atoms with E-state index in [-0.39, 0.29) is 5.91 Å². The van der Waals surface area contributed by atoms with Gasteiger partial charge in [0.05, 0.1) is 20.8 Å². The fraction of sp³-hybridized carbons (Fsp3) is 0.263. The normalized spacial score (nSPS) is 11.3. The Hall–Kier alpha value is -1.66. The summed E-state index contributed by atoms with van der Waals surface area (Å²) in [6.07, 6.45) is 0. The quantitative estimate of drug-likeness (QED) is 0.588. The van der Waals surface area contributed by atoms with E-state index in [1.165, 1.54) is 11.3 Å². The minimum Gasteiger partial charge on any atom is -0.308 e. The largest absolute Gasteiger partial charge is 0.308 e. The van der Waals surface area contributed by atoms with Crippen molar-refractivity contribution in [3.63, 3.8) is 0 Å². The second kappa shape index (κ2) is 7.92. The molecule has 0 N–H and O–H groups in total. The van der Waals surface area contributed by atoms with Crippen molar-refractivity contribution in [1.29, 1.82) is 0 Å². The highest BCUT2D eigenvalue weighted by Crippen LogP contribution is 2.32. The molecule has 1 amide bonds. The molecule has 1 heterocycles. The lowest BCUT2D eigenvalue weighted by Gasteiger charge is -2.22. The maximum Gasteiger partial charge on any atom is 0.261 e. The molecule has 0 spiro atoms. The van der Waals surface area contributed by atoms with Crippen LogP contribution in [0.2, 0.25) is 10.0 Å². The number of carbonyl (C=O) groups excluding carboxylic acids is 1. The first kappa shape index (κ1) is 19.1. The SMILES string of the molecule is Cc1cccc2sc(N(CCN(C)C)C(=O)c3ccc(Cl)cc3Cl)nc12. The number of para-hydroxylation sites is 1. The lowest BCUT2D eigenvalue weighted by atomic mass is 10.2. The van der Waals surface area contributed by atoms with Gasteiger partial charge in [0, 0.05) is 18.1 Å². The highest BCUT2D eigenvalue weighted by atomic mass is 35.5. The summed E-state index contributed by atoms with van der Waals surface area (Å²) in [6, 6.07) is 11.0. The van der Waals surface area contributed by atoms with Crippen LogP contribution in [0.4, 0.5) is 5.13 Å². The van der Waals surface area contributed by atoms with Gasteiger partial charge in [-0.15, -0.1) is 0 Å². The van der Waals surface area contributed by atoms with Crippen molar-refractivity contribution in [3.8, 4) is 0 Å². The van der Waals surface area contributed by atoms with Crippen LogP contribution in [0.25, 0.3) is 10.2 Å². The monoisotopic (exact) mass is 407 g/mol. The van der Waals surface area contributed by atoms with Gasteiger partial charge in [0.25, 0.3) is 5.91 Å². The van der Waals surface area contributed by atoms with Gasteiger partial charge in [0.15, 0.2) is 5.13 Å². The van der Waals surface area contributed by atoms with Crippen molar-refractivity contribution in [2.45, 2.75) is 6.92 Å². The molecule has 3 rings (SSSR count). The van der Waals surface area contributed by atoms with E-state index in [0.717, 1.165) is 15.8 Å². The summed E-state index contributed by atoms with van der Waals surface area (Å²) in [5, 5.41) is 1.52. The average molecular weight is 408 g/mol. The second-order valence-corrected chi connectivity index (χ2v) is 8.16. The molecular formula is C19H19Cl2N3OS. The highest BCUT2D eigenvalue weighted by Gasteiger charge is 2.23. The Balaban J connectivity index is 2.03. The Bertz CT molecular complexity index is 955. The van der Waals surface area contributed by atoms with Gasteiger partial charge in [0.2, 0.25) is 0 Å². The molecule has 4 nitrogen and oxygen atoms in total. The number of halogens is 2. The van der Waals surface area contributed by atoms with Crippen LogP contribution in [0.15, 0.2) is 36.4 Å². The van der Waals surface area contributed by atoms with E-state index in [9.17, 15) is 4.79 Å². The molecule has 7 heteroatoms. The fourth-order valence-corrected chi connectivity index (χ4v) is 4.14. The van der Waals surface area contributed by atoms with E-state index in [2.05, 4.69) is 0 Å². The molecule has 2 aromatic carbocycles. The third kappa shape index (κ3) is 4.01. The fourth-order valence-electron chi connectivity index (χ4n) is 2.58. The molecule has 0 atom stereocenters.